The number of amides is 1. The van der Waals surface area contributed by atoms with Gasteiger partial charge in [0.15, 0.2) is 0 Å². The molecule has 0 aliphatic carbocycles. The molecule has 1 aliphatic heterocycles. The average Bonchev–Trinajstić information content (AvgIpc) is 3.00. The van der Waals surface area contributed by atoms with Crippen LogP contribution in [0.25, 0.3) is 0 Å². The minimum Gasteiger partial charge on any atom is -0.306 e. The van der Waals surface area contributed by atoms with E-state index in [1.165, 1.54) is 11.1 Å². The number of hydrogen-bond acceptors (Lipinski definition) is 1. The standard InChI is InChI=1S/C22H25NO/c1-2-18-12-14-21(15-13-18)23-20(16-17-22(23)24)11-7-6-10-19-8-4-3-5-9-19/h3-5,7-9,11-15,20H,2,6,10,16-17H2,1H3/b11-7+. The highest BCUT2D eigenvalue weighted by molar-refractivity contribution is 5.96. The molecule has 2 aromatic rings. The summed E-state index contributed by atoms with van der Waals surface area (Å²) in [6.45, 7) is 2.15. The maximum atomic E-state index is 12.3. The smallest absolute Gasteiger partial charge is 0.227 e. The van der Waals surface area contributed by atoms with Gasteiger partial charge in [-0.05, 0) is 48.9 Å². The molecule has 0 saturated carbocycles. The van der Waals surface area contributed by atoms with Crippen LogP contribution in [0, 0.1) is 0 Å². The number of rotatable bonds is 6. The molecule has 1 amide bonds. The minimum absolute atomic E-state index is 0.195. The van der Waals surface area contributed by atoms with Gasteiger partial charge in [0.25, 0.3) is 0 Å². The number of allylic oxidation sites excluding steroid dienone is 1. The Morgan fingerprint density at radius 3 is 2.50 bits per heavy atom. The number of nitrogens with zero attached hydrogens (tertiary/aromatic N) is 1. The van der Waals surface area contributed by atoms with Crippen molar-refractivity contribution in [3.8, 4) is 0 Å². The fourth-order valence-electron chi connectivity index (χ4n) is 3.26. The van der Waals surface area contributed by atoms with Crippen molar-refractivity contribution < 1.29 is 4.79 Å². The van der Waals surface area contributed by atoms with E-state index in [0.717, 1.165) is 31.4 Å². The van der Waals surface area contributed by atoms with Crippen molar-refractivity contribution in [2.45, 2.75) is 45.1 Å². The highest BCUT2D eigenvalue weighted by Gasteiger charge is 2.30. The third kappa shape index (κ3) is 3.94. The SMILES string of the molecule is CCc1ccc(N2C(=O)CCC2/C=C/CCc2ccccc2)cc1. The van der Waals surface area contributed by atoms with Crippen molar-refractivity contribution in [1.82, 2.24) is 0 Å². The molecule has 124 valence electrons. The number of carbonyl (C=O) groups excluding carboxylic acids is 1. The first-order chi connectivity index (χ1) is 11.8. The zero-order valence-corrected chi connectivity index (χ0v) is 14.3. The van der Waals surface area contributed by atoms with Gasteiger partial charge < -0.3 is 4.90 Å². The van der Waals surface area contributed by atoms with Crippen LogP contribution in [0.4, 0.5) is 5.69 Å². The van der Waals surface area contributed by atoms with E-state index in [1.54, 1.807) is 0 Å². The molecule has 1 atom stereocenters. The second-order valence-electron chi connectivity index (χ2n) is 6.34. The molecule has 2 aromatic carbocycles. The molecule has 0 spiro atoms. The lowest BCUT2D eigenvalue weighted by atomic mass is 10.1. The van der Waals surface area contributed by atoms with Gasteiger partial charge in [-0.15, -0.1) is 0 Å². The van der Waals surface area contributed by atoms with Crippen molar-refractivity contribution in [3.05, 3.63) is 77.9 Å². The van der Waals surface area contributed by atoms with Crippen molar-refractivity contribution >= 4 is 11.6 Å². The molecule has 0 N–H and O–H groups in total. The van der Waals surface area contributed by atoms with Gasteiger partial charge in [-0.3, -0.25) is 4.79 Å². The zero-order valence-electron chi connectivity index (χ0n) is 14.3. The van der Waals surface area contributed by atoms with Gasteiger partial charge in [0.1, 0.15) is 0 Å². The zero-order chi connectivity index (χ0) is 16.8. The predicted molar refractivity (Wildman–Crippen MR) is 100 cm³/mol. The van der Waals surface area contributed by atoms with Crippen LogP contribution in [0.1, 0.15) is 37.3 Å². The molecule has 3 rings (SSSR count). The summed E-state index contributed by atoms with van der Waals surface area (Å²) in [6, 6.07) is 19.1. The number of aryl methyl sites for hydroxylation is 2. The fraction of sp³-hybridized carbons (Fsp3) is 0.318. The van der Waals surface area contributed by atoms with Crippen LogP contribution in [0.15, 0.2) is 66.7 Å². The maximum absolute atomic E-state index is 12.3. The normalized spacial score (nSPS) is 17.8. The van der Waals surface area contributed by atoms with E-state index >= 15 is 0 Å². The average molecular weight is 319 g/mol. The summed E-state index contributed by atoms with van der Waals surface area (Å²) in [6.07, 6.45) is 9.07. The molecular weight excluding hydrogens is 294 g/mol. The van der Waals surface area contributed by atoms with E-state index < -0.39 is 0 Å². The fourth-order valence-corrected chi connectivity index (χ4v) is 3.26. The van der Waals surface area contributed by atoms with E-state index in [1.807, 2.05) is 11.0 Å². The number of anilines is 1. The molecule has 1 aliphatic rings. The Morgan fingerprint density at radius 2 is 1.79 bits per heavy atom. The van der Waals surface area contributed by atoms with Gasteiger partial charge in [0, 0.05) is 12.1 Å². The van der Waals surface area contributed by atoms with Gasteiger partial charge in [0.05, 0.1) is 6.04 Å². The second kappa shape index (κ2) is 7.96. The first-order valence-corrected chi connectivity index (χ1v) is 8.89. The van der Waals surface area contributed by atoms with Crippen molar-refractivity contribution in [2.75, 3.05) is 4.90 Å². The lowest BCUT2D eigenvalue weighted by Crippen LogP contribution is -2.31. The van der Waals surface area contributed by atoms with Gasteiger partial charge in [-0.25, -0.2) is 0 Å². The Bertz CT molecular complexity index is 688. The third-order valence-electron chi connectivity index (χ3n) is 4.68. The van der Waals surface area contributed by atoms with Crippen LogP contribution in [-0.2, 0) is 17.6 Å². The number of benzene rings is 2. The lowest BCUT2D eigenvalue weighted by Gasteiger charge is -2.22. The minimum atomic E-state index is 0.195. The van der Waals surface area contributed by atoms with Gasteiger partial charge >= 0.3 is 0 Å². The molecule has 24 heavy (non-hydrogen) atoms. The number of carbonyl (C=O) groups is 1. The predicted octanol–water partition coefficient (Wildman–Crippen LogP) is 4.93. The van der Waals surface area contributed by atoms with E-state index in [4.69, 9.17) is 0 Å². The summed E-state index contributed by atoms with van der Waals surface area (Å²) < 4.78 is 0. The van der Waals surface area contributed by atoms with E-state index in [9.17, 15) is 4.79 Å². The summed E-state index contributed by atoms with van der Waals surface area (Å²) in [5.74, 6) is 0.233. The maximum Gasteiger partial charge on any atom is 0.227 e. The first-order valence-electron chi connectivity index (χ1n) is 8.89. The second-order valence-corrected chi connectivity index (χ2v) is 6.34. The van der Waals surface area contributed by atoms with Gasteiger partial charge in [-0.2, -0.15) is 0 Å². The van der Waals surface area contributed by atoms with Crippen LogP contribution in [-0.4, -0.2) is 11.9 Å². The molecule has 0 bridgehead atoms. The molecule has 1 saturated heterocycles. The van der Waals surface area contributed by atoms with Crippen molar-refractivity contribution in [3.63, 3.8) is 0 Å². The largest absolute Gasteiger partial charge is 0.306 e. The molecule has 0 aromatic heterocycles. The van der Waals surface area contributed by atoms with Gasteiger partial charge in [-0.1, -0.05) is 61.5 Å². The summed E-state index contributed by atoms with van der Waals surface area (Å²) in [5, 5.41) is 0. The van der Waals surface area contributed by atoms with Crippen LogP contribution >= 0.6 is 0 Å². The monoisotopic (exact) mass is 319 g/mol. The molecule has 2 heteroatoms. The number of hydrogen-bond donors (Lipinski definition) is 0. The summed E-state index contributed by atoms with van der Waals surface area (Å²) >= 11 is 0. The lowest BCUT2D eigenvalue weighted by molar-refractivity contribution is -0.117. The Kier molecular flexibility index (Phi) is 5.47. The van der Waals surface area contributed by atoms with Gasteiger partial charge in [0.2, 0.25) is 5.91 Å². The topological polar surface area (TPSA) is 20.3 Å². The van der Waals surface area contributed by atoms with E-state index in [-0.39, 0.29) is 11.9 Å². The molecule has 2 nitrogen and oxygen atoms in total. The van der Waals surface area contributed by atoms with Crippen molar-refractivity contribution in [2.24, 2.45) is 0 Å². The van der Waals surface area contributed by atoms with Crippen molar-refractivity contribution in [1.29, 1.82) is 0 Å². The first kappa shape index (κ1) is 16.5. The van der Waals surface area contributed by atoms with Crippen LogP contribution in [0.3, 0.4) is 0 Å². The molecule has 1 heterocycles. The summed E-state index contributed by atoms with van der Waals surface area (Å²) in [4.78, 5) is 14.2. The van der Waals surface area contributed by atoms with E-state index in [0.29, 0.717) is 6.42 Å². The molecular formula is C22H25NO. The van der Waals surface area contributed by atoms with E-state index in [2.05, 4.69) is 67.6 Å². The Morgan fingerprint density at radius 1 is 1.04 bits per heavy atom. The highest BCUT2D eigenvalue weighted by atomic mass is 16.2. The highest BCUT2D eigenvalue weighted by Crippen LogP contribution is 2.28. The van der Waals surface area contributed by atoms with Crippen LogP contribution in [0.2, 0.25) is 0 Å². The molecule has 1 unspecified atom stereocenters. The molecule has 1 fully saturated rings. The Labute approximate surface area is 144 Å². The Hall–Kier alpha value is -2.35. The third-order valence-corrected chi connectivity index (χ3v) is 4.68. The Balaban J connectivity index is 1.63. The quantitative estimate of drug-likeness (QED) is 0.691. The summed E-state index contributed by atoms with van der Waals surface area (Å²) in [7, 11) is 0. The van der Waals surface area contributed by atoms with Crippen LogP contribution in [0.5, 0.6) is 0 Å². The summed E-state index contributed by atoms with van der Waals surface area (Å²) in [5.41, 5.74) is 3.68. The molecule has 0 radical (unpaired) electrons. The van der Waals surface area contributed by atoms with Crippen LogP contribution < -0.4 is 4.90 Å².